The molecular formula is C20H29F2N3O6S. The Labute approximate surface area is 186 Å². The Morgan fingerprint density at radius 3 is 2.66 bits per heavy atom. The maximum atomic E-state index is 13.9. The van der Waals surface area contributed by atoms with Crippen molar-refractivity contribution >= 4 is 22.0 Å². The van der Waals surface area contributed by atoms with Crippen LogP contribution in [0.15, 0.2) is 18.2 Å². The number of nitrogens with zero attached hydrogens (tertiary/aromatic N) is 1. The van der Waals surface area contributed by atoms with Crippen LogP contribution in [-0.4, -0.2) is 68.5 Å². The number of nitrogens with one attached hydrogen (secondary N) is 2. The minimum atomic E-state index is -3.74. The van der Waals surface area contributed by atoms with E-state index in [1.165, 1.54) is 24.0 Å². The third kappa shape index (κ3) is 7.38. The van der Waals surface area contributed by atoms with Gasteiger partial charge in [0.25, 0.3) is 0 Å². The van der Waals surface area contributed by atoms with E-state index < -0.39 is 39.6 Å². The van der Waals surface area contributed by atoms with E-state index in [0.29, 0.717) is 6.42 Å². The minimum Gasteiger partial charge on any atom is -0.487 e. The molecule has 1 aromatic rings. The zero-order valence-corrected chi connectivity index (χ0v) is 18.9. The normalized spacial score (nSPS) is 17.2. The predicted molar refractivity (Wildman–Crippen MR) is 113 cm³/mol. The van der Waals surface area contributed by atoms with Crippen molar-refractivity contribution in [2.45, 2.75) is 44.9 Å². The number of unbranched alkanes of at least 4 members (excludes halogenated alkanes) is 1. The third-order valence-corrected chi connectivity index (χ3v) is 6.48. The van der Waals surface area contributed by atoms with Crippen LogP contribution in [-0.2, 0) is 20.4 Å². The van der Waals surface area contributed by atoms with Crippen LogP contribution in [0.4, 0.5) is 13.6 Å². The number of amides is 3. The summed E-state index contributed by atoms with van der Waals surface area (Å²) in [5.41, 5.74) is -1.40. The number of rotatable bonds is 13. The standard InChI is InChI=1S/C20H29F2N3O6S/c1-3-20(28,15-6-7-16(22)17(10-15)31-12-14(2)21)13-23-32(29,30)9-5-4-8-25-11-18(26)24-19(25)27/h6-7,10,14,23,28H,3-5,8-9,11-13H2,1-2H3,(H,24,26,27)/t14?,20-/m1/s1. The van der Waals surface area contributed by atoms with E-state index in [2.05, 4.69) is 10.0 Å². The molecule has 1 saturated heterocycles. The number of carbonyl (C=O) groups is 2. The molecule has 12 heteroatoms. The fraction of sp³-hybridized carbons (Fsp3) is 0.600. The van der Waals surface area contributed by atoms with Crippen LogP contribution in [0.25, 0.3) is 0 Å². The highest BCUT2D eigenvalue weighted by molar-refractivity contribution is 7.89. The second kappa shape index (κ2) is 11.0. The van der Waals surface area contributed by atoms with Crippen LogP contribution >= 0.6 is 0 Å². The maximum absolute atomic E-state index is 13.9. The van der Waals surface area contributed by atoms with E-state index in [9.17, 15) is 31.9 Å². The average Bonchev–Trinajstić information content (AvgIpc) is 3.05. The first kappa shape index (κ1) is 25.9. The predicted octanol–water partition coefficient (Wildman–Crippen LogP) is 1.41. The first-order chi connectivity index (χ1) is 15.0. The van der Waals surface area contributed by atoms with E-state index >= 15 is 0 Å². The first-order valence-corrected chi connectivity index (χ1v) is 12.0. The molecule has 1 aromatic carbocycles. The zero-order chi connectivity index (χ0) is 23.9. The molecule has 3 amide bonds. The van der Waals surface area contributed by atoms with E-state index in [1.807, 2.05) is 0 Å². The summed E-state index contributed by atoms with van der Waals surface area (Å²) in [5, 5.41) is 13.1. The summed E-state index contributed by atoms with van der Waals surface area (Å²) < 4.78 is 59.1. The summed E-state index contributed by atoms with van der Waals surface area (Å²) in [6.07, 6.45) is -0.563. The molecule has 1 fully saturated rings. The number of alkyl halides is 1. The van der Waals surface area contributed by atoms with E-state index in [0.717, 1.165) is 6.07 Å². The monoisotopic (exact) mass is 477 g/mol. The minimum absolute atomic E-state index is 0.0407. The van der Waals surface area contributed by atoms with Gasteiger partial charge in [-0.2, -0.15) is 0 Å². The largest absolute Gasteiger partial charge is 0.487 e. The van der Waals surface area contributed by atoms with Crippen LogP contribution in [0.5, 0.6) is 5.75 Å². The van der Waals surface area contributed by atoms with Gasteiger partial charge in [0, 0.05) is 13.1 Å². The molecule has 1 heterocycles. The zero-order valence-electron chi connectivity index (χ0n) is 18.1. The van der Waals surface area contributed by atoms with Crippen molar-refractivity contribution in [2.75, 3.05) is 32.0 Å². The second-order valence-electron chi connectivity index (χ2n) is 7.74. The van der Waals surface area contributed by atoms with Crippen LogP contribution in [0.2, 0.25) is 0 Å². The SMILES string of the molecule is CC[C@@](O)(CNS(=O)(=O)CCCCN1CC(=O)NC1=O)c1ccc(F)c(OCC(C)F)c1. The summed E-state index contributed by atoms with van der Waals surface area (Å²) in [6, 6.07) is 3.13. The van der Waals surface area contributed by atoms with Gasteiger partial charge in [0.15, 0.2) is 11.6 Å². The summed E-state index contributed by atoms with van der Waals surface area (Å²) in [7, 11) is -3.74. The van der Waals surface area contributed by atoms with Gasteiger partial charge in [-0.3, -0.25) is 10.1 Å². The number of carbonyl (C=O) groups excluding carboxylic acids is 2. The molecule has 2 rings (SSSR count). The molecule has 180 valence electrons. The summed E-state index contributed by atoms with van der Waals surface area (Å²) in [4.78, 5) is 23.9. The quantitative estimate of drug-likeness (QED) is 0.291. The van der Waals surface area contributed by atoms with E-state index in [-0.39, 0.29) is 56.1 Å². The molecule has 1 unspecified atom stereocenters. The number of halogens is 2. The van der Waals surface area contributed by atoms with Gasteiger partial charge >= 0.3 is 6.03 Å². The Hall–Kier alpha value is -2.31. The van der Waals surface area contributed by atoms with Crippen LogP contribution < -0.4 is 14.8 Å². The lowest BCUT2D eigenvalue weighted by molar-refractivity contribution is -0.118. The van der Waals surface area contributed by atoms with Crippen LogP contribution in [0, 0.1) is 5.82 Å². The molecule has 3 N–H and O–H groups in total. The number of hydrogen-bond acceptors (Lipinski definition) is 6. The topological polar surface area (TPSA) is 125 Å². The van der Waals surface area contributed by atoms with Crippen molar-refractivity contribution in [1.82, 2.24) is 14.9 Å². The van der Waals surface area contributed by atoms with Gasteiger partial charge < -0.3 is 14.7 Å². The van der Waals surface area contributed by atoms with Gasteiger partial charge in [0.05, 0.1) is 5.75 Å². The molecule has 0 saturated carbocycles. The Morgan fingerprint density at radius 1 is 1.34 bits per heavy atom. The fourth-order valence-electron chi connectivity index (χ4n) is 3.10. The number of imide groups is 1. The van der Waals surface area contributed by atoms with Gasteiger partial charge in [-0.25, -0.2) is 26.7 Å². The second-order valence-corrected chi connectivity index (χ2v) is 9.67. The number of sulfonamides is 1. The molecule has 0 radical (unpaired) electrons. The summed E-state index contributed by atoms with van der Waals surface area (Å²) >= 11 is 0. The van der Waals surface area contributed by atoms with Crippen LogP contribution in [0.3, 0.4) is 0 Å². The highest BCUT2D eigenvalue weighted by Gasteiger charge is 2.30. The highest BCUT2D eigenvalue weighted by atomic mass is 32.2. The van der Waals surface area contributed by atoms with Crippen molar-refractivity contribution in [3.63, 3.8) is 0 Å². The smallest absolute Gasteiger partial charge is 0.324 e. The van der Waals surface area contributed by atoms with Crippen molar-refractivity contribution in [3.8, 4) is 5.75 Å². The highest BCUT2D eigenvalue weighted by Crippen LogP contribution is 2.29. The molecule has 0 bridgehead atoms. The fourth-order valence-corrected chi connectivity index (χ4v) is 4.29. The Balaban J connectivity index is 1.92. The molecular weight excluding hydrogens is 448 g/mol. The van der Waals surface area contributed by atoms with Gasteiger partial charge in [0.2, 0.25) is 15.9 Å². The van der Waals surface area contributed by atoms with Crippen molar-refractivity contribution in [3.05, 3.63) is 29.6 Å². The lowest BCUT2D eigenvalue weighted by Crippen LogP contribution is -2.41. The Kier molecular flexibility index (Phi) is 8.93. The van der Waals surface area contributed by atoms with E-state index in [1.54, 1.807) is 6.92 Å². The molecule has 2 atom stereocenters. The number of ether oxygens (including phenoxy) is 1. The molecule has 1 aliphatic rings. The molecule has 1 aliphatic heterocycles. The molecule has 0 aromatic heterocycles. The number of benzene rings is 1. The lowest BCUT2D eigenvalue weighted by Gasteiger charge is -2.28. The van der Waals surface area contributed by atoms with Crippen LogP contribution in [0.1, 0.15) is 38.7 Å². The molecule has 0 aliphatic carbocycles. The number of hydrogen-bond donors (Lipinski definition) is 3. The Morgan fingerprint density at radius 2 is 2.06 bits per heavy atom. The van der Waals surface area contributed by atoms with Gasteiger partial charge in [0.1, 0.15) is 24.9 Å². The van der Waals surface area contributed by atoms with Crippen molar-refractivity contribution in [1.29, 1.82) is 0 Å². The lowest BCUT2D eigenvalue weighted by atomic mass is 9.91. The summed E-state index contributed by atoms with van der Waals surface area (Å²) in [5.74, 6) is -1.58. The number of aliphatic hydroxyl groups is 1. The summed E-state index contributed by atoms with van der Waals surface area (Å²) in [6.45, 7) is 2.41. The van der Waals surface area contributed by atoms with Gasteiger partial charge in [-0.1, -0.05) is 13.0 Å². The average molecular weight is 478 g/mol. The third-order valence-electron chi connectivity index (χ3n) is 5.07. The molecule has 9 nitrogen and oxygen atoms in total. The first-order valence-electron chi connectivity index (χ1n) is 10.3. The molecule has 32 heavy (non-hydrogen) atoms. The number of urea groups is 1. The Bertz CT molecular complexity index is 928. The van der Waals surface area contributed by atoms with Crippen molar-refractivity contribution in [2.24, 2.45) is 0 Å². The van der Waals surface area contributed by atoms with E-state index in [4.69, 9.17) is 4.74 Å². The van der Waals surface area contributed by atoms with Gasteiger partial charge in [-0.15, -0.1) is 0 Å². The molecule has 0 spiro atoms. The van der Waals surface area contributed by atoms with Gasteiger partial charge in [-0.05, 0) is 43.9 Å². The van der Waals surface area contributed by atoms with Crippen molar-refractivity contribution < 1.29 is 36.6 Å². The maximum Gasteiger partial charge on any atom is 0.324 e.